The minimum absolute atomic E-state index is 0.000348. The van der Waals surface area contributed by atoms with E-state index in [0.717, 1.165) is 6.42 Å². The van der Waals surface area contributed by atoms with Crippen molar-refractivity contribution < 1.29 is 38.4 Å². The quantitative estimate of drug-likeness (QED) is 0.200. The molecule has 0 spiro atoms. The van der Waals surface area contributed by atoms with Crippen LogP contribution in [0.2, 0.25) is 0 Å². The molecule has 1 N–H and O–H groups in total. The summed E-state index contributed by atoms with van der Waals surface area (Å²) in [5, 5.41) is 11.4. The lowest BCUT2D eigenvalue weighted by Crippen LogP contribution is -2.31. The molecule has 0 saturated carbocycles. The molecule has 9 nitrogen and oxygen atoms in total. The number of amides is 1. The van der Waals surface area contributed by atoms with E-state index in [1.54, 1.807) is 50.6 Å². The van der Waals surface area contributed by atoms with Gasteiger partial charge >= 0.3 is 0 Å². The standard InChI is InChI=1S/C29H35NO8/c1-18(2)10-13-36-21-8-6-19(16-23(21)35-4)26-25(28(32)29(33)30(26)11-5-12-34-3)27(31)20-7-9-22-24(17-20)38-15-14-37-22/h6-9,16-18,26,31H,5,10-15H2,1-4H3. The summed E-state index contributed by atoms with van der Waals surface area (Å²) in [7, 11) is 3.12. The predicted molar refractivity (Wildman–Crippen MR) is 141 cm³/mol. The molecule has 0 aromatic heterocycles. The Morgan fingerprint density at radius 1 is 1.03 bits per heavy atom. The van der Waals surface area contributed by atoms with Crippen LogP contribution in [-0.2, 0) is 14.3 Å². The number of aliphatic hydroxyl groups excluding tert-OH is 1. The summed E-state index contributed by atoms with van der Waals surface area (Å²) in [4.78, 5) is 28.0. The van der Waals surface area contributed by atoms with Gasteiger partial charge in [0.25, 0.3) is 11.7 Å². The summed E-state index contributed by atoms with van der Waals surface area (Å²) in [5.41, 5.74) is 0.975. The number of hydrogen-bond donors (Lipinski definition) is 1. The highest BCUT2D eigenvalue weighted by Crippen LogP contribution is 2.43. The van der Waals surface area contributed by atoms with Crippen molar-refractivity contribution >= 4 is 17.4 Å². The predicted octanol–water partition coefficient (Wildman–Crippen LogP) is 4.35. The minimum atomic E-state index is -0.821. The zero-order chi connectivity index (χ0) is 27.2. The van der Waals surface area contributed by atoms with Gasteiger partial charge in [-0.1, -0.05) is 19.9 Å². The van der Waals surface area contributed by atoms with Crippen LogP contribution < -0.4 is 18.9 Å². The second-order valence-electron chi connectivity index (χ2n) is 9.64. The number of ether oxygens (including phenoxy) is 5. The third-order valence-corrected chi connectivity index (χ3v) is 6.56. The molecule has 1 unspecified atom stereocenters. The molecule has 4 rings (SSSR count). The molecular weight excluding hydrogens is 490 g/mol. The number of likely N-dealkylation sites (tertiary alicyclic amines) is 1. The molecule has 1 saturated heterocycles. The summed E-state index contributed by atoms with van der Waals surface area (Å²) in [6.45, 7) is 6.29. The SMILES string of the molecule is COCCCN1C(=O)C(=O)C(=C(O)c2ccc3c(c2)OCCO3)C1c1ccc(OCCC(C)C)c(OC)c1. The Bertz CT molecular complexity index is 1210. The number of ketones is 1. The highest BCUT2D eigenvalue weighted by molar-refractivity contribution is 6.46. The largest absolute Gasteiger partial charge is 0.507 e. The van der Waals surface area contributed by atoms with Crippen LogP contribution >= 0.6 is 0 Å². The number of Topliss-reactive ketones (excluding diaryl/α,β-unsaturated/α-hetero) is 1. The monoisotopic (exact) mass is 525 g/mol. The molecular formula is C29H35NO8. The van der Waals surface area contributed by atoms with Crippen LogP contribution in [0.4, 0.5) is 0 Å². The molecule has 204 valence electrons. The smallest absolute Gasteiger partial charge is 0.295 e. The first-order valence-corrected chi connectivity index (χ1v) is 12.8. The Hall–Kier alpha value is -3.72. The van der Waals surface area contributed by atoms with E-state index in [1.165, 1.54) is 4.90 Å². The lowest BCUT2D eigenvalue weighted by atomic mass is 9.94. The molecule has 1 atom stereocenters. The maximum absolute atomic E-state index is 13.3. The fourth-order valence-electron chi connectivity index (χ4n) is 4.56. The Morgan fingerprint density at radius 3 is 2.50 bits per heavy atom. The molecule has 9 heteroatoms. The molecule has 2 aliphatic rings. The van der Waals surface area contributed by atoms with E-state index < -0.39 is 17.7 Å². The zero-order valence-electron chi connectivity index (χ0n) is 22.3. The Balaban J connectivity index is 1.76. The molecule has 2 heterocycles. The van der Waals surface area contributed by atoms with Gasteiger partial charge in [-0.25, -0.2) is 0 Å². The van der Waals surface area contributed by atoms with Crippen LogP contribution in [0, 0.1) is 5.92 Å². The van der Waals surface area contributed by atoms with Crippen molar-refractivity contribution in [3.05, 3.63) is 53.1 Å². The number of aliphatic hydroxyl groups is 1. The van der Waals surface area contributed by atoms with Gasteiger partial charge in [-0.3, -0.25) is 9.59 Å². The zero-order valence-corrected chi connectivity index (χ0v) is 22.3. The molecule has 2 aliphatic heterocycles. The molecule has 2 aromatic carbocycles. The molecule has 38 heavy (non-hydrogen) atoms. The fourth-order valence-corrected chi connectivity index (χ4v) is 4.56. The van der Waals surface area contributed by atoms with Crippen LogP contribution in [0.25, 0.3) is 5.76 Å². The van der Waals surface area contributed by atoms with Gasteiger partial charge in [0.2, 0.25) is 0 Å². The summed E-state index contributed by atoms with van der Waals surface area (Å²) < 4.78 is 27.9. The van der Waals surface area contributed by atoms with Crippen molar-refractivity contribution in [3.63, 3.8) is 0 Å². The van der Waals surface area contributed by atoms with Gasteiger partial charge in [0, 0.05) is 25.8 Å². The number of carbonyl (C=O) groups excluding carboxylic acids is 2. The van der Waals surface area contributed by atoms with Gasteiger partial charge in [0.05, 0.1) is 25.3 Å². The second-order valence-corrected chi connectivity index (χ2v) is 9.64. The molecule has 0 radical (unpaired) electrons. The number of fused-ring (bicyclic) bond motifs is 1. The van der Waals surface area contributed by atoms with Crippen molar-refractivity contribution in [2.24, 2.45) is 5.92 Å². The van der Waals surface area contributed by atoms with Crippen LogP contribution in [0.15, 0.2) is 42.0 Å². The van der Waals surface area contributed by atoms with Crippen molar-refractivity contribution in [1.82, 2.24) is 4.90 Å². The Labute approximate surface area is 222 Å². The fraction of sp³-hybridized carbons (Fsp3) is 0.448. The van der Waals surface area contributed by atoms with Crippen molar-refractivity contribution in [2.75, 3.05) is 47.2 Å². The third kappa shape index (κ3) is 5.72. The maximum Gasteiger partial charge on any atom is 0.295 e. The average molecular weight is 526 g/mol. The molecule has 1 fully saturated rings. The van der Waals surface area contributed by atoms with Gasteiger partial charge in [-0.15, -0.1) is 0 Å². The van der Waals surface area contributed by atoms with Gasteiger partial charge in [-0.2, -0.15) is 0 Å². The van der Waals surface area contributed by atoms with E-state index in [1.807, 2.05) is 0 Å². The highest BCUT2D eigenvalue weighted by atomic mass is 16.6. The van der Waals surface area contributed by atoms with E-state index in [4.69, 9.17) is 23.7 Å². The normalized spacial score (nSPS) is 18.2. The third-order valence-electron chi connectivity index (χ3n) is 6.56. The summed E-state index contributed by atoms with van der Waals surface area (Å²) in [5.74, 6) is 0.854. The second kappa shape index (κ2) is 12.2. The van der Waals surface area contributed by atoms with Gasteiger partial charge in [0.15, 0.2) is 23.0 Å². The number of rotatable bonds is 11. The topological polar surface area (TPSA) is 104 Å². The Kier molecular flexibility index (Phi) is 8.78. The number of carbonyl (C=O) groups is 2. The first kappa shape index (κ1) is 27.3. The van der Waals surface area contributed by atoms with Crippen molar-refractivity contribution in [3.8, 4) is 23.0 Å². The average Bonchev–Trinajstić information content (AvgIpc) is 3.17. The highest BCUT2D eigenvalue weighted by Gasteiger charge is 2.46. The number of methoxy groups -OCH3 is 2. The number of hydrogen-bond acceptors (Lipinski definition) is 8. The van der Waals surface area contributed by atoms with E-state index in [9.17, 15) is 14.7 Å². The van der Waals surface area contributed by atoms with Gasteiger partial charge < -0.3 is 33.7 Å². The minimum Gasteiger partial charge on any atom is -0.507 e. The van der Waals surface area contributed by atoms with E-state index >= 15 is 0 Å². The van der Waals surface area contributed by atoms with E-state index in [0.29, 0.717) is 72.9 Å². The first-order valence-electron chi connectivity index (χ1n) is 12.8. The van der Waals surface area contributed by atoms with Crippen LogP contribution in [-0.4, -0.2) is 68.9 Å². The summed E-state index contributed by atoms with van der Waals surface area (Å²) in [6, 6.07) is 9.44. The summed E-state index contributed by atoms with van der Waals surface area (Å²) >= 11 is 0. The molecule has 0 aliphatic carbocycles. The lowest BCUT2D eigenvalue weighted by molar-refractivity contribution is -0.140. The van der Waals surface area contributed by atoms with E-state index in [-0.39, 0.29) is 17.9 Å². The van der Waals surface area contributed by atoms with Crippen LogP contribution in [0.3, 0.4) is 0 Å². The lowest BCUT2D eigenvalue weighted by Gasteiger charge is -2.26. The first-order chi connectivity index (χ1) is 18.3. The number of benzene rings is 2. The summed E-state index contributed by atoms with van der Waals surface area (Å²) in [6.07, 6.45) is 1.41. The van der Waals surface area contributed by atoms with Crippen molar-refractivity contribution in [2.45, 2.75) is 32.7 Å². The molecule has 0 bridgehead atoms. The van der Waals surface area contributed by atoms with E-state index in [2.05, 4.69) is 13.8 Å². The van der Waals surface area contributed by atoms with Gasteiger partial charge in [-0.05, 0) is 54.7 Å². The van der Waals surface area contributed by atoms with Crippen LogP contribution in [0.1, 0.15) is 43.9 Å². The van der Waals surface area contributed by atoms with Crippen LogP contribution in [0.5, 0.6) is 23.0 Å². The maximum atomic E-state index is 13.3. The number of nitrogens with zero attached hydrogens (tertiary/aromatic N) is 1. The van der Waals surface area contributed by atoms with Crippen molar-refractivity contribution in [1.29, 1.82) is 0 Å². The van der Waals surface area contributed by atoms with Gasteiger partial charge in [0.1, 0.15) is 19.0 Å². The Morgan fingerprint density at radius 2 is 1.79 bits per heavy atom. The molecule has 1 amide bonds. The molecule has 2 aromatic rings.